The van der Waals surface area contributed by atoms with Gasteiger partial charge in [0.25, 0.3) is 5.91 Å². The number of rotatable bonds is 6. The fourth-order valence-electron chi connectivity index (χ4n) is 3.84. The van der Waals surface area contributed by atoms with Gasteiger partial charge in [0.2, 0.25) is 0 Å². The monoisotopic (exact) mass is 344 g/mol. The maximum absolute atomic E-state index is 12.7. The van der Waals surface area contributed by atoms with E-state index in [0.29, 0.717) is 18.3 Å². The molecule has 1 amide bonds. The van der Waals surface area contributed by atoms with Gasteiger partial charge >= 0.3 is 0 Å². The molecule has 0 spiro atoms. The third-order valence-electron chi connectivity index (χ3n) is 5.19. The third kappa shape index (κ3) is 3.63. The number of furan rings is 1. The van der Waals surface area contributed by atoms with E-state index < -0.39 is 0 Å². The summed E-state index contributed by atoms with van der Waals surface area (Å²) in [4.78, 5) is 15.2. The number of hydrogen-bond acceptors (Lipinski definition) is 4. The first-order valence-corrected chi connectivity index (χ1v) is 9.15. The molecule has 0 saturated heterocycles. The highest BCUT2D eigenvalue weighted by Gasteiger charge is 2.30. The summed E-state index contributed by atoms with van der Waals surface area (Å²) >= 11 is 0. The van der Waals surface area contributed by atoms with E-state index in [9.17, 15) is 4.79 Å². The minimum absolute atomic E-state index is 0.119. The van der Waals surface area contributed by atoms with E-state index in [0.717, 1.165) is 49.4 Å². The maximum atomic E-state index is 12.7. The van der Waals surface area contributed by atoms with E-state index in [1.807, 2.05) is 30.8 Å². The number of aromatic nitrogens is 2. The highest BCUT2D eigenvalue weighted by molar-refractivity contribution is 5.94. The van der Waals surface area contributed by atoms with Gasteiger partial charge in [-0.3, -0.25) is 9.48 Å². The summed E-state index contributed by atoms with van der Waals surface area (Å²) in [5.41, 5.74) is 2.87. The Kier molecular flexibility index (Phi) is 5.27. The van der Waals surface area contributed by atoms with Gasteiger partial charge in [-0.2, -0.15) is 5.10 Å². The third-order valence-corrected chi connectivity index (χ3v) is 5.19. The van der Waals surface area contributed by atoms with Gasteiger partial charge in [0, 0.05) is 24.3 Å². The van der Waals surface area contributed by atoms with Gasteiger partial charge in [0.15, 0.2) is 5.69 Å². The van der Waals surface area contributed by atoms with E-state index in [4.69, 9.17) is 4.42 Å². The Balaban J connectivity index is 1.75. The molecule has 6 nitrogen and oxygen atoms in total. The van der Waals surface area contributed by atoms with Crippen molar-refractivity contribution in [3.63, 3.8) is 0 Å². The van der Waals surface area contributed by atoms with Gasteiger partial charge in [-0.1, -0.05) is 13.8 Å². The van der Waals surface area contributed by atoms with Crippen LogP contribution in [0.15, 0.2) is 16.5 Å². The molecule has 3 rings (SSSR count). The lowest BCUT2D eigenvalue weighted by Gasteiger charge is -2.32. The Morgan fingerprint density at radius 2 is 2.16 bits per heavy atom. The van der Waals surface area contributed by atoms with Gasteiger partial charge < -0.3 is 14.6 Å². The van der Waals surface area contributed by atoms with Crippen LogP contribution in [-0.4, -0.2) is 39.7 Å². The van der Waals surface area contributed by atoms with Gasteiger partial charge in [0.05, 0.1) is 6.54 Å². The summed E-state index contributed by atoms with van der Waals surface area (Å²) in [7, 11) is 1.93. The van der Waals surface area contributed by atoms with Crippen LogP contribution in [0.5, 0.6) is 0 Å². The van der Waals surface area contributed by atoms with Crippen molar-refractivity contribution in [2.24, 2.45) is 7.05 Å². The van der Waals surface area contributed by atoms with E-state index in [1.54, 1.807) is 0 Å². The molecule has 2 aromatic heterocycles. The van der Waals surface area contributed by atoms with E-state index in [-0.39, 0.29) is 5.91 Å². The summed E-state index contributed by atoms with van der Waals surface area (Å²) in [6.45, 7) is 8.75. The molecule has 0 aromatic carbocycles. The second-order valence-corrected chi connectivity index (χ2v) is 6.71. The first kappa shape index (κ1) is 17.7. The lowest BCUT2D eigenvalue weighted by molar-refractivity contribution is 0.0940. The lowest BCUT2D eigenvalue weighted by Crippen LogP contribution is -2.39. The molecule has 1 unspecified atom stereocenters. The van der Waals surface area contributed by atoms with Crippen molar-refractivity contribution >= 4 is 5.91 Å². The fraction of sp³-hybridized carbons (Fsp3) is 0.579. The topological polar surface area (TPSA) is 63.3 Å². The Hall–Kier alpha value is -2.08. The van der Waals surface area contributed by atoms with Crippen LogP contribution in [-0.2, 0) is 26.4 Å². The van der Waals surface area contributed by atoms with Crippen molar-refractivity contribution in [2.45, 2.75) is 52.6 Å². The number of nitrogens with one attached hydrogen (secondary N) is 1. The van der Waals surface area contributed by atoms with Crippen molar-refractivity contribution in [1.82, 2.24) is 20.0 Å². The number of hydrogen-bond donors (Lipinski definition) is 1. The second kappa shape index (κ2) is 7.44. The quantitative estimate of drug-likeness (QED) is 0.874. The molecule has 0 aliphatic heterocycles. The molecular formula is C19H28N4O2. The van der Waals surface area contributed by atoms with E-state index >= 15 is 0 Å². The highest BCUT2D eigenvalue weighted by Crippen LogP contribution is 2.27. The Bertz CT molecular complexity index is 743. The molecule has 1 N–H and O–H groups in total. The van der Waals surface area contributed by atoms with Crippen LogP contribution in [0.3, 0.4) is 0 Å². The summed E-state index contributed by atoms with van der Waals surface area (Å²) < 4.78 is 7.39. The zero-order chi connectivity index (χ0) is 18.0. The molecule has 2 heterocycles. The summed E-state index contributed by atoms with van der Waals surface area (Å²) in [6, 6.07) is 4.28. The Morgan fingerprint density at radius 1 is 1.40 bits per heavy atom. The van der Waals surface area contributed by atoms with Crippen molar-refractivity contribution in [2.75, 3.05) is 13.1 Å². The summed E-state index contributed by atoms with van der Waals surface area (Å²) in [5.74, 6) is 1.49. The number of amides is 1. The lowest BCUT2D eigenvalue weighted by atomic mass is 9.90. The average molecular weight is 344 g/mol. The van der Waals surface area contributed by atoms with Gasteiger partial charge in [-0.25, -0.2) is 0 Å². The van der Waals surface area contributed by atoms with Gasteiger partial charge in [-0.05, 0) is 51.4 Å². The molecule has 1 atom stereocenters. The number of fused-ring (bicyclic) bond motifs is 1. The van der Waals surface area contributed by atoms with E-state index in [2.05, 4.69) is 29.2 Å². The molecule has 0 fully saturated rings. The van der Waals surface area contributed by atoms with Crippen LogP contribution in [0, 0.1) is 6.92 Å². The predicted octanol–water partition coefficient (Wildman–Crippen LogP) is 2.45. The molecular weight excluding hydrogens is 316 g/mol. The minimum Gasteiger partial charge on any atom is -0.465 e. The molecule has 136 valence electrons. The second-order valence-electron chi connectivity index (χ2n) is 6.71. The average Bonchev–Trinajstić information content (AvgIpc) is 3.17. The van der Waals surface area contributed by atoms with Gasteiger partial charge in [-0.15, -0.1) is 0 Å². The SMILES string of the molecule is CCN(CC)C1CCc2c(c(C(=O)NCc3ccc(C)o3)nn2C)C1. The maximum Gasteiger partial charge on any atom is 0.272 e. The van der Waals surface area contributed by atoms with Crippen LogP contribution >= 0.6 is 0 Å². The van der Waals surface area contributed by atoms with Crippen LogP contribution < -0.4 is 5.32 Å². The number of likely N-dealkylation sites (N-methyl/N-ethyl adjacent to an activating group) is 1. The zero-order valence-electron chi connectivity index (χ0n) is 15.6. The molecule has 1 aliphatic carbocycles. The van der Waals surface area contributed by atoms with Crippen LogP contribution in [0.2, 0.25) is 0 Å². The predicted molar refractivity (Wildman–Crippen MR) is 96.6 cm³/mol. The van der Waals surface area contributed by atoms with Crippen molar-refractivity contribution in [3.8, 4) is 0 Å². The van der Waals surface area contributed by atoms with E-state index in [1.165, 1.54) is 5.69 Å². The number of carbonyl (C=O) groups excluding carboxylic acids is 1. The number of carbonyl (C=O) groups is 1. The Morgan fingerprint density at radius 3 is 2.80 bits per heavy atom. The zero-order valence-corrected chi connectivity index (χ0v) is 15.6. The minimum atomic E-state index is -0.119. The van der Waals surface area contributed by atoms with Crippen LogP contribution in [0.25, 0.3) is 0 Å². The summed E-state index contributed by atoms with van der Waals surface area (Å²) in [6.07, 6.45) is 3.00. The van der Waals surface area contributed by atoms with Crippen molar-refractivity contribution < 1.29 is 9.21 Å². The summed E-state index contributed by atoms with van der Waals surface area (Å²) in [5, 5.41) is 7.45. The van der Waals surface area contributed by atoms with Crippen LogP contribution in [0.4, 0.5) is 0 Å². The molecule has 6 heteroatoms. The molecule has 2 aromatic rings. The molecule has 0 saturated carbocycles. The number of nitrogens with zero attached hydrogens (tertiary/aromatic N) is 3. The van der Waals surface area contributed by atoms with Gasteiger partial charge in [0.1, 0.15) is 11.5 Å². The Labute approximate surface area is 149 Å². The molecule has 0 bridgehead atoms. The normalized spacial score (nSPS) is 16.9. The molecule has 25 heavy (non-hydrogen) atoms. The van der Waals surface area contributed by atoms with Crippen LogP contribution in [0.1, 0.15) is 53.5 Å². The number of aryl methyl sites for hydroxylation is 2. The van der Waals surface area contributed by atoms with Crippen molar-refractivity contribution in [1.29, 1.82) is 0 Å². The fourth-order valence-corrected chi connectivity index (χ4v) is 3.84. The first-order valence-electron chi connectivity index (χ1n) is 9.15. The molecule has 1 aliphatic rings. The highest BCUT2D eigenvalue weighted by atomic mass is 16.3. The smallest absolute Gasteiger partial charge is 0.272 e. The van der Waals surface area contributed by atoms with Crippen molar-refractivity contribution in [3.05, 3.63) is 40.6 Å². The largest absolute Gasteiger partial charge is 0.465 e. The standard InChI is InChI=1S/C19H28N4O2/c1-5-23(6-2)14-8-10-17-16(11-14)18(21-22(17)4)19(24)20-12-15-9-7-13(3)25-15/h7,9,14H,5-6,8,10-12H2,1-4H3,(H,20,24). The molecule has 0 radical (unpaired) electrons. The first-order chi connectivity index (χ1) is 12.0.